The molecule has 0 spiro atoms. The molecule has 0 heterocycles. The molecule has 0 aliphatic carbocycles. The fourth-order valence-corrected chi connectivity index (χ4v) is 4.78. The fraction of sp³-hybridized carbons (Fsp3) is 0.0500. The molecule has 0 aliphatic heterocycles. The summed E-state index contributed by atoms with van der Waals surface area (Å²) in [5, 5.41) is 15.7. The number of benzene rings is 3. The van der Waals surface area contributed by atoms with Crippen LogP contribution in [0.1, 0.15) is 5.56 Å². The van der Waals surface area contributed by atoms with Crippen LogP contribution in [0.15, 0.2) is 96.2 Å². The maximum Gasteiger partial charge on any atom is 0.0916 e. The summed E-state index contributed by atoms with van der Waals surface area (Å²) in [5.74, 6) is 0. The third kappa shape index (κ3) is 3.85. The van der Waals surface area contributed by atoms with Crippen LogP contribution in [0.25, 0.3) is 0 Å². The highest BCUT2D eigenvalue weighted by Gasteiger charge is 2.17. The third-order valence-electron chi connectivity index (χ3n) is 3.67. The second kappa shape index (κ2) is 7.71. The van der Waals surface area contributed by atoms with Crippen LogP contribution in [0.2, 0.25) is 0 Å². The summed E-state index contributed by atoms with van der Waals surface area (Å²) in [6, 6.07) is 30.8. The molecular formula is C20H18NOP. The summed E-state index contributed by atoms with van der Waals surface area (Å²) >= 11 is 0. The molecule has 3 aromatic rings. The van der Waals surface area contributed by atoms with Gasteiger partial charge in [0, 0.05) is 6.16 Å². The molecule has 3 heteroatoms. The van der Waals surface area contributed by atoms with Crippen molar-refractivity contribution in [3.63, 3.8) is 0 Å². The lowest BCUT2D eigenvalue weighted by molar-refractivity contribution is 0.319. The van der Waals surface area contributed by atoms with Gasteiger partial charge in [-0.3, -0.25) is 0 Å². The minimum Gasteiger partial charge on any atom is -0.411 e. The predicted molar refractivity (Wildman–Crippen MR) is 98.7 cm³/mol. The molecule has 23 heavy (non-hydrogen) atoms. The molecule has 0 unspecified atom stereocenters. The van der Waals surface area contributed by atoms with E-state index in [1.807, 2.05) is 42.5 Å². The van der Waals surface area contributed by atoms with Gasteiger partial charge in [-0.1, -0.05) is 96.2 Å². The Labute approximate surface area is 137 Å². The van der Waals surface area contributed by atoms with Crippen molar-refractivity contribution in [3.05, 3.63) is 96.6 Å². The van der Waals surface area contributed by atoms with E-state index in [1.54, 1.807) is 0 Å². The van der Waals surface area contributed by atoms with Gasteiger partial charge in [-0.25, -0.2) is 0 Å². The van der Waals surface area contributed by atoms with Gasteiger partial charge < -0.3 is 5.21 Å². The van der Waals surface area contributed by atoms with Gasteiger partial charge in [0.15, 0.2) is 0 Å². The molecule has 0 bridgehead atoms. The van der Waals surface area contributed by atoms with Crippen LogP contribution in [0.3, 0.4) is 0 Å². The van der Waals surface area contributed by atoms with Crippen LogP contribution in [0.5, 0.6) is 0 Å². The number of rotatable bonds is 5. The van der Waals surface area contributed by atoms with E-state index in [0.717, 1.165) is 11.3 Å². The standard InChI is InChI=1S/C20H18NOP/c22-21-20(17-10-4-1-5-11-17)16-23(18-12-6-2-7-13-18)19-14-8-3-9-15-19/h1-15,22H,16H2. The van der Waals surface area contributed by atoms with Gasteiger partial charge in [0.2, 0.25) is 0 Å². The molecule has 0 amide bonds. The smallest absolute Gasteiger partial charge is 0.0916 e. The Balaban J connectivity index is 1.96. The van der Waals surface area contributed by atoms with E-state index < -0.39 is 7.92 Å². The third-order valence-corrected chi connectivity index (χ3v) is 6.13. The van der Waals surface area contributed by atoms with Gasteiger partial charge in [-0.15, -0.1) is 0 Å². The molecular weight excluding hydrogens is 301 g/mol. The van der Waals surface area contributed by atoms with Crippen molar-refractivity contribution < 1.29 is 5.21 Å². The maximum absolute atomic E-state index is 9.52. The van der Waals surface area contributed by atoms with E-state index in [1.165, 1.54) is 10.6 Å². The van der Waals surface area contributed by atoms with Gasteiger partial charge in [0.1, 0.15) is 0 Å². The van der Waals surface area contributed by atoms with Crippen molar-refractivity contribution in [2.45, 2.75) is 0 Å². The quantitative estimate of drug-likeness (QED) is 0.328. The molecule has 3 aromatic carbocycles. The molecule has 0 aliphatic rings. The summed E-state index contributed by atoms with van der Waals surface area (Å²) in [7, 11) is -0.610. The number of hydrogen-bond donors (Lipinski definition) is 1. The van der Waals surface area contributed by atoms with E-state index >= 15 is 0 Å². The highest BCUT2D eigenvalue weighted by Crippen LogP contribution is 2.34. The molecule has 0 saturated heterocycles. The minimum atomic E-state index is -0.610. The lowest BCUT2D eigenvalue weighted by Crippen LogP contribution is -2.19. The Morgan fingerprint density at radius 3 is 1.57 bits per heavy atom. The Hall–Kier alpha value is -2.44. The van der Waals surface area contributed by atoms with E-state index in [0.29, 0.717) is 6.16 Å². The minimum absolute atomic E-state index is 0.610. The van der Waals surface area contributed by atoms with Crippen molar-refractivity contribution in [2.24, 2.45) is 5.16 Å². The van der Waals surface area contributed by atoms with Crippen molar-refractivity contribution in [3.8, 4) is 0 Å². The molecule has 0 saturated carbocycles. The highest BCUT2D eigenvalue weighted by atomic mass is 31.1. The molecule has 1 N–H and O–H groups in total. The number of hydrogen-bond acceptors (Lipinski definition) is 2. The fourth-order valence-electron chi connectivity index (χ4n) is 2.51. The number of oxime groups is 1. The molecule has 0 atom stereocenters. The van der Waals surface area contributed by atoms with Crippen LogP contribution in [0.4, 0.5) is 0 Å². The van der Waals surface area contributed by atoms with Crippen LogP contribution < -0.4 is 10.6 Å². The average molecular weight is 319 g/mol. The summed E-state index contributed by atoms with van der Waals surface area (Å²) in [4.78, 5) is 0. The largest absolute Gasteiger partial charge is 0.411 e. The lowest BCUT2D eigenvalue weighted by atomic mass is 10.1. The zero-order chi connectivity index (χ0) is 15.9. The van der Waals surface area contributed by atoms with Crippen LogP contribution >= 0.6 is 7.92 Å². The Morgan fingerprint density at radius 1 is 0.696 bits per heavy atom. The summed E-state index contributed by atoms with van der Waals surface area (Å²) in [5.41, 5.74) is 1.69. The second-order valence-corrected chi connectivity index (χ2v) is 7.38. The van der Waals surface area contributed by atoms with Gasteiger partial charge in [0.05, 0.1) is 5.71 Å². The Kier molecular flexibility index (Phi) is 5.18. The van der Waals surface area contributed by atoms with Gasteiger partial charge >= 0.3 is 0 Å². The zero-order valence-corrected chi connectivity index (χ0v) is 13.6. The molecule has 0 fully saturated rings. The monoisotopic (exact) mass is 319 g/mol. The SMILES string of the molecule is ON=C(CP(c1ccccc1)c1ccccc1)c1ccccc1. The summed E-state index contributed by atoms with van der Waals surface area (Å²) in [6.45, 7) is 0. The first-order chi connectivity index (χ1) is 11.4. The van der Waals surface area contributed by atoms with E-state index in [2.05, 4.69) is 53.7 Å². The van der Waals surface area contributed by atoms with Crippen molar-refractivity contribution >= 4 is 24.2 Å². The second-order valence-electron chi connectivity index (χ2n) is 5.17. The van der Waals surface area contributed by atoms with Crippen molar-refractivity contribution in [2.75, 3.05) is 6.16 Å². The first-order valence-corrected chi connectivity index (χ1v) is 9.05. The maximum atomic E-state index is 9.52. The van der Waals surface area contributed by atoms with Crippen molar-refractivity contribution in [1.82, 2.24) is 0 Å². The Morgan fingerprint density at radius 2 is 1.13 bits per heavy atom. The summed E-state index contributed by atoms with van der Waals surface area (Å²) < 4.78 is 0. The van der Waals surface area contributed by atoms with Gasteiger partial charge in [0.25, 0.3) is 0 Å². The normalized spacial score (nSPS) is 11.6. The lowest BCUT2D eigenvalue weighted by Gasteiger charge is -2.19. The van der Waals surface area contributed by atoms with Crippen LogP contribution in [-0.2, 0) is 0 Å². The van der Waals surface area contributed by atoms with Crippen LogP contribution in [0, 0.1) is 0 Å². The molecule has 114 valence electrons. The summed E-state index contributed by atoms with van der Waals surface area (Å²) in [6.07, 6.45) is 0.712. The zero-order valence-electron chi connectivity index (χ0n) is 12.7. The molecule has 0 aromatic heterocycles. The van der Waals surface area contributed by atoms with Crippen LogP contribution in [-0.4, -0.2) is 17.1 Å². The van der Waals surface area contributed by atoms with E-state index in [4.69, 9.17) is 0 Å². The first-order valence-electron chi connectivity index (χ1n) is 7.52. The van der Waals surface area contributed by atoms with Gasteiger partial charge in [-0.05, 0) is 24.1 Å². The topological polar surface area (TPSA) is 32.6 Å². The average Bonchev–Trinajstić information content (AvgIpc) is 2.65. The van der Waals surface area contributed by atoms with E-state index in [9.17, 15) is 5.21 Å². The van der Waals surface area contributed by atoms with E-state index in [-0.39, 0.29) is 0 Å². The first kappa shape index (κ1) is 15.5. The predicted octanol–water partition coefficient (Wildman–Crippen LogP) is 4.00. The van der Waals surface area contributed by atoms with Crippen molar-refractivity contribution in [1.29, 1.82) is 0 Å². The van der Waals surface area contributed by atoms with Gasteiger partial charge in [-0.2, -0.15) is 0 Å². The number of nitrogens with zero attached hydrogens (tertiary/aromatic N) is 1. The molecule has 3 rings (SSSR count). The highest BCUT2D eigenvalue weighted by molar-refractivity contribution is 7.73. The molecule has 0 radical (unpaired) electrons. The Bertz CT molecular complexity index is 718. The molecule has 2 nitrogen and oxygen atoms in total.